The Labute approximate surface area is 98.6 Å². The van der Waals surface area contributed by atoms with Crippen LogP contribution in [-0.2, 0) is 7.05 Å². The molecule has 0 radical (unpaired) electrons. The molecule has 0 bridgehead atoms. The molecule has 82 valence electrons. The Morgan fingerprint density at radius 2 is 2.12 bits per heavy atom. The summed E-state index contributed by atoms with van der Waals surface area (Å²) < 4.78 is 1.92. The van der Waals surface area contributed by atoms with Crippen LogP contribution in [0.5, 0.6) is 0 Å². The average Bonchev–Trinajstić information content (AvgIpc) is 2.25. The molecule has 0 spiro atoms. The summed E-state index contributed by atoms with van der Waals surface area (Å²) in [4.78, 5) is 22.1. The Bertz CT molecular complexity index is 648. The van der Waals surface area contributed by atoms with Gasteiger partial charge < -0.3 is 4.57 Å². The van der Waals surface area contributed by atoms with E-state index in [1.165, 1.54) is 22.9 Å². The monoisotopic (exact) mass is 282 g/mol. The molecule has 0 atom stereocenters. The number of aryl methyl sites for hydroxylation is 1. The van der Waals surface area contributed by atoms with Crippen LogP contribution in [0.1, 0.15) is 0 Å². The molecule has 0 saturated carbocycles. The number of benzene rings is 1. The molecule has 1 aromatic carbocycles. The molecule has 1 heterocycles. The SMILES string of the molecule is Cn1cc(Br)c2c([N+](=O)[O-])cccc2c1=O. The number of aromatic nitrogens is 1. The third kappa shape index (κ3) is 1.51. The second kappa shape index (κ2) is 3.71. The molecule has 0 aliphatic carbocycles. The summed E-state index contributed by atoms with van der Waals surface area (Å²) in [7, 11) is 1.60. The van der Waals surface area contributed by atoms with E-state index in [2.05, 4.69) is 15.9 Å². The van der Waals surface area contributed by atoms with E-state index >= 15 is 0 Å². The molecule has 0 saturated heterocycles. The molecule has 2 rings (SSSR count). The van der Waals surface area contributed by atoms with Gasteiger partial charge in [0, 0.05) is 23.8 Å². The molecule has 5 nitrogen and oxygen atoms in total. The Morgan fingerprint density at radius 3 is 2.75 bits per heavy atom. The van der Waals surface area contributed by atoms with Crippen LogP contribution >= 0.6 is 15.9 Å². The fourth-order valence-corrected chi connectivity index (χ4v) is 2.33. The molecular formula is C10H7BrN2O3. The van der Waals surface area contributed by atoms with Gasteiger partial charge in [-0.05, 0) is 22.0 Å². The van der Waals surface area contributed by atoms with Gasteiger partial charge in [-0.25, -0.2) is 0 Å². The zero-order valence-corrected chi connectivity index (χ0v) is 9.89. The van der Waals surface area contributed by atoms with E-state index in [1.807, 2.05) is 0 Å². The maximum Gasteiger partial charge on any atom is 0.278 e. The molecule has 1 aromatic heterocycles. The van der Waals surface area contributed by atoms with Crippen molar-refractivity contribution in [2.24, 2.45) is 7.05 Å². The summed E-state index contributed by atoms with van der Waals surface area (Å²) in [5.41, 5.74) is -0.316. The topological polar surface area (TPSA) is 65.1 Å². The van der Waals surface area contributed by atoms with Crippen LogP contribution in [0.15, 0.2) is 33.7 Å². The van der Waals surface area contributed by atoms with E-state index in [0.29, 0.717) is 15.2 Å². The lowest BCUT2D eigenvalue weighted by Gasteiger charge is -2.04. The van der Waals surface area contributed by atoms with E-state index in [0.717, 1.165) is 0 Å². The third-order valence-corrected chi connectivity index (χ3v) is 2.94. The van der Waals surface area contributed by atoms with Crippen LogP contribution in [-0.4, -0.2) is 9.49 Å². The fraction of sp³-hybridized carbons (Fsp3) is 0.100. The van der Waals surface area contributed by atoms with Gasteiger partial charge in [0.15, 0.2) is 0 Å². The molecule has 0 aliphatic heterocycles. The number of nitro benzene ring substituents is 1. The summed E-state index contributed by atoms with van der Waals surface area (Å²) in [6, 6.07) is 4.47. The van der Waals surface area contributed by atoms with Gasteiger partial charge in [0.1, 0.15) is 0 Å². The van der Waals surface area contributed by atoms with Crippen molar-refractivity contribution in [3.05, 3.63) is 49.3 Å². The minimum atomic E-state index is -0.494. The van der Waals surface area contributed by atoms with Crippen LogP contribution in [0.4, 0.5) is 5.69 Å². The number of halogens is 1. The van der Waals surface area contributed by atoms with Crippen LogP contribution in [0.3, 0.4) is 0 Å². The smallest absolute Gasteiger partial charge is 0.278 e. The highest BCUT2D eigenvalue weighted by Gasteiger charge is 2.16. The van der Waals surface area contributed by atoms with E-state index in [1.54, 1.807) is 13.1 Å². The number of nitrogens with zero attached hydrogens (tertiary/aromatic N) is 2. The highest BCUT2D eigenvalue weighted by Crippen LogP contribution is 2.29. The minimum absolute atomic E-state index is 0.0675. The Balaban J connectivity index is 3.05. The van der Waals surface area contributed by atoms with Gasteiger partial charge in [0.25, 0.3) is 11.2 Å². The lowest BCUT2D eigenvalue weighted by Crippen LogP contribution is -2.16. The maximum absolute atomic E-state index is 11.8. The van der Waals surface area contributed by atoms with Crippen molar-refractivity contribution in [2.45, 2.75) is 0 Å². The van der Waals surface area contributed by atoms with Crippen LogP contribution < -0.4 is 5.56 Å². The zero-order valence-electron chi connectivity index (χ0n) is 8.31. The third-order valence-electron chi connectivity index (χ3n) is 2.34. The first-order chi connectivity index (χ1) is 7.52. The quantitative estimate of drug-likeness (QED) is 0.595. The van der Waals surface area contributed by atoms with Crippen LogP contribution in [0.25, 0.3) is 10.8 Å². The number of hydrogen-bond donors (Lipinski definition) is 0. The predicted molar refractivity (Wildman–Crippen MR) is 63.5 cm³/mol. The van der Waals surface area contributed by atoms with E-state index in [4.69, 9.17) is 0 Å². The molecule has 0 aliphatic rings. The molecular weight excluding hydrogens is 276 g/mol. The predicted octanol–water partition coefficient (Wildman–Crippen LogP) is 2.21. The van der Waals surface area contributed by atoms with Gasteiger partial charge in [-0.15, -0.1) is 0 Å². The van der Waals surface area contributed by atoms with Crippen LogP contribution in [0.2, 0.25) is 0 Å². The lowest BCUT2D eigenvalue weighted by molar-refractivity contribution is -0.383. The van der Waals surface area contributed by atoms with Crippen molar-refractivity contribution in [2.75, 3.05) is 0 Å². The first-order valence-corrected chi connectivity index (χ1v) is 5.24. The number of nitro groups is 1. The van der Waals surface area contributed by atoms with Crippen LogP contribution in [0, 0.1) is 10.1 Å². The van der Waals surface area contributed by atoms with Crippen molar-refractivity contribution < 1.29 is 4.92 Å². The summed E-state index contributed by atoms with van der Waals surface area (Å²) in [6.45, 7) is 0. The molecule has 6 heteroatoms. The maximum atomic E-state index is 11.8. The molecule has 0 amide bonds. The fourth-order valence-electron chi connectivity index (χ4n) is 1.60. The van der Waals surface area contributed by atoms with Gasteiger partial charge in [-0.2, -0.15) is 0 Å². The number of non-ortho nitro benzene ring substituents is 1. The molecule has 0 N–H and O–H groups in total. The second-order valence-corrected chi connectivity index (χ2v) is 4.20. The molecule has 2 aromatic rings. The van der Waals surface area contributed by atoms with Crippen molar-refractivity contribution >= 4 is 32.4 Å². The Morgan fingerprint density at radius 1 is 1.44 bits per heavy atom. The van der Waals surface area contributed by atoms with Crippen molar-refractivity contribution in [1.82, 2.24) is 4.57 Å². The van der Waals surface area contributed by atoms with E-state index < -0.39 is 4.92 Å². The van der Waals surface area contributed by atoms with Gasteiger partial charge in [0.05, 0.1) is 15.7 Å². The summed E-state index contributed by atoms with van der Waals surface area (Å²) in [6.07, 6.45) is 1.53. The molecule has 16 heavy (non-hydrogen) atoms. The number of rotatable bonds is 1. The largest absolute Gasteiger partial charge is 0.317 e. The van der Waals surface area contributed by atoms with Gasteiger partial charge in [-0.3, -0.25) is 14.9 Å². The second-order valence-electron chi connectivity index (χ2n) is 3.35. The first kappa shape index (κ1) is 10.8. The highest BCUT2D eigenvalue weighted by atomic mass is 79.9. The zero-order chi connectivity index (χ0) is 11.9. The van der Waals surface area contributed by atoms with Crippen molar-refractivity contribution in [3.63, 3.8) is 0 Å². The van der Waals surface area contributed by atoms with Gasteiger partial charge >= 0.3 is 0 Å². The van der Waals surface area contributed by atoms with Gasteiger partial charge in [0.2, 0.25) is 0 Å². The number of pyridine rings is 1. The highest BCUT2D eigenvalue weighted by molar-refractivity contribution is 9.10. The summed E-state index contributed by atoms with van der Waals surface area (Å²) in [5.74, 6) is 0. The number of hydrogen-bond acceptors (Lipinski definition) is 3. The standard InChI is InChI=1S/C10H7BrN2O3/c1-12-5-7(11)9-6(10(12)14)3-2-4-8(9)13(15)16/h2-5H,1H3. The van der Waals surface area contributed by atoms with E-state index in [9.17, 15) is 14.9 Å². The van der Waals surface area contributed by atoms with E-state index in [-0.39, 0.29) is 11.2 Å². The van der Waals surface area contributed by atoms with Crippen molar-refractivity contribution in [3.8, 4) is 0 Å². The molecule has 0 fully saturated rings. The summed E-state index contributed by atoms with van der Waals surface area (Å²) >= 11 is 3.24. The first-order valence-electron chi connectivity index (χ1n) is 4.44. The molecule has 0 unspecified atom stereocenters. The summed E-state index contributed by atoms with van der Waals surface area (Å²) in [5, 5.41) is 11.5. The van der Waals surface area contributed by atoms with Crippen molar-refractivity contribution in [1.29, 1.82) is 0 Å². The lowest BCUT2D eigenvalue weighted by atomic mass is 10.1. The normalized spacial score (nSPS) is 10.6. The Kier molecular flexibility index (Phi) is 2.51. The Hall–Kier alpha value is -1.69. The van der Waals surface area contributed by atoms with Gasteiger partial charge in [-0.1, -0.05) is 6.07 Å². The average molecular weight is 283 g/mol. The number of fused-ring (bicyclic) bond motifs is 1. The minimum Gasteiger partial charge on any atom is -0.317 e.